The van der Waals surface area contributed by atoms with Crippen LogP contribution in [0.5, 0.6) is 11.5 Å². The molecule has 8 nitrogen and oxygen atoms in total. The second-order valence-electron chi connectivity index (χ2n) is 7.48. The number of hydrogen-bond donors (Lipinski definition) is 3. The molecule has 3 aromatic carbocycles. The van der Waals surface area contributed by atoms with E-state index in [0.717, 1.165) is 0 Å². The number of nitrogens with one attached hydrogen (secondary N) is 3. The molecule has 1 heterocycles. The van der Waals surface area contributed by atoms with Gasteiger partial charge in [0.2, 0.25) is 5.91 Å². The van der Waals surface area contributed by atoms with Gasteiger partial charge in [0.1, 0.15) is 5.75 Å². The molecule has 0 spiro atoms. The molecule has 9 heteroatoms. The Kier molecular flexibility index (Phi) is 5.35. The average molecular weight is 452 g/mol. The molecular weight excluding hydrogens is 430 g/mol. The third kappa shape index (κ3) is 4.15. The van der Waals surface area contributed by atoms with Gasteiger partial charge in [-0.25, -0.2) is 8.42 Å². The number of hydrogen-bond acceptors (Lipinski definition) is 5. The zero-order valence-electron chi connectivity index (χ0n) is 17.6. The topological polar surface area (TPSA) is 114 Å². The highest BCUT2D eigenvalue weighted by Gasteiger charge is 2.23. The van der Waals surface area contributed by atoms with Gasteiger partial charge in [0, 0.05) is 18.3 Å². The van der Waals surface area contributed by atoms with Gasteiger partial charge in [0.25, 0.3) is 15.9 Å². The first-order valence-electron chi connectivity index (χ1n) is 9.78. The summed E-state index contributed by atoms with van der Waals surface area (Å²) < 4.78 is 34.3. The molecule has 1 aliphatic heterocycles. The number of sulfonamides is 1. The van der Waals surface area contributed by atoms with E-state index >= 15 is 0 Å². The first-order valence-corrected chi connectivity index (χ1v) is 11.3. The molecular formula is C23H21N3O5S. The smallest absolute Gasteiger partial charge is 0.261 e. The predicted molar refractivity (Wildman–Crippen MR) is 122 cm³/mol. The summed E-state index contributed by atoms with van der Waals surface area (Å²) in [6.45, 7) is 4.83. The summed E-state index contributed by atoms with van der Waals surface area (Å²) in [4.78, 5) is 24.1. The van der Waals surface area contributed by atoms with Gasteiger partial charge in [-0.1, -0.05) is 12.1 Å². The van der Waals surface area contributed by atoms with Crippen LogP contribution in [-0.2, 0) is 14.8 Å². The SMILES string of the molecule is CC(=O)Nc1c(C)cc(S(=O)(=O)Nc2ccc3c(c2)C(=O)Nc2ccccc2O3)cc1C. The molecule has 0 unspecified atom stereocenters. The molecule has 3 aromatic rings. The summed E-state index contributed by atoms with van der Waals surface area (Å²) in [6.07, 6.45) is 0. The second kappa shape index (κ2) is 8.01. The first kappa shape index (κ1) is 21.4. The van der Waals surface area contributed by atoms with Crippen molar-refractivity contribution in [3.8, 4) is 11.5 Å². The van der Waals surface area contributed by atoms with E-state index in [1.807, 2.05) is 0 Å². The number of anilines is 3. The molecule has 4 rings (SSSR count). The highest BCUT2D eigenvalue weighted by Crippen LogP contribution is 2.36. The Morgan fingerprint density at radius 3 is 2.34 bits per heavy atom. The van der Waals surface area contributed by atoms with Crippen LogP contribution in [0, 0.1) is 13.8 Å². The van der Waals surface area contributed by atoms with Crippen LogP contribution in [-0.4, -0.2) is 20.2 Å². The molecule has 1 aliphatic rings. The number of aryl methyl sites for hydroxylation is 2. The Morgan fingerprint density at radius 1 is 0.969 bits per heavy atom. The first-order chi connectivity index (χ1) is 15.1. The molecule has 3 N–H and O–H groups in total. The van der Waals surface area contributed by atoms with Gasteiger partial charge in [-0.05, 0) is 67.4 Å². The van der Waals surface area contributed by atoms with Crippen molar-refractivity contribution in [3.05, 3.63) is 71.3 Å². The van der Waals surface area contributed by atoms with Crippen LogP contribution in [0.15, 0.2) is 59.5 Å². The zero-order chi connectivity index (χ0) is 23.0. The van der Waals surface area contributed by atoms with Crippen molar-refractivity contribution in [3.63, 3.8) is 0 Å². The van der Waals surface area contributed by atoms with Gasteiger partial charge in [0.05, 0.1) is 16.1 Å². The highest BCUT2D eigenvalue weighted by molar-refractivity contribution is 7.92. The van der Waals surface area contributed by atoms with Crippen LogP contribution in [0.2, 0.25) is 0 Å². The third-order valence-electron chi connectivity index (χ3n) is 4.95. The van der Waals surface area contributed by atoms with Crippen molar-refractivity contribution in [1.29, 1.82) is 0 Å². The fraction of sp³-hybridized carbons (Fsp3) is 0.130. The van der Waals surface area contributed by atoms with E-state index in [9.17, 15) is 18.0 Å². The van der Waals surface area contributed by atoms with Crippen molar-refractivity contribution in [1.82, 2.24) is 0 Å². The standard InChI is InChI=1S/C23H21N3O5S/c1-13-10-17(11-14(2)22(13)24-15(3)27)32(29,30)26-16-8-9-20-18(12-16)23(28)25-19-6-4-5-7-21(19)31-20/h4-12,26H,1-3H3,(H,24,27)(H,25,28). The van der Waals surface area contributed by atoms with Crippen LogP contribution in [0.3, 0.4) is 0 Å². The minimum atomic E-state index is -3.95. The number of carbonyl (C=O) groups is 2. The van der Waals surface area contributed by atoms with Gasteiger partial charge in [-0.3, -0.25) is 14.3 Å². The lowest BCUT2D eigenvalue weighted by Crippen LogP contribution is -2.16. The van der Waals surface area contributed by atoms with Gasteiger partial charge < -0.3 is 15.4 Å². The number of amides is 2. The summed E-state index contributed by atoms with van der Waals surface area (Å²) in [5.74, 6) is 0.176. The maximum Gasteiger partial charge on any atom is 0.261 e. The summed E-state index contributed by atoms with van der Waals surface area (Å²) in [5.41, 5.74) is 2.77. The van der Waals surface area contributed by atoms with E-state index < -0.39 is 15.9 Å². The van der Waals surface area contributed by atoms with Crippen LogP contribution >= 0.6 is 0 Å². The minimum absolute atomic E-state index is 0.0460. The van der Waals surface area contributed by atoms with Crippen LogP contribution in [0.4, 0.5) is 17.1 Å². The molecule has 0 atom stereocenters. The maximum atomic E-state index is 13.0. The summed E-state index contributed by atoms with van der Waals surface area (Å²) >= 11 is 0. The van der Waals surface area contributed by atoms with Crippen LogP contribution < -0.4 is 20.1 Å². The number of para-hydroxylation sites is 2. The number of benzene rings is 3. The van der Waals surface area contributed by atoms with Gasteiger partial charge in [0.15, 0.2) is 5.75 Å². The quantitative estimate of drug-likeness (QED) is 0.543. The van der Waals surface area contributed by atoms with E-state index in [2.05, 4.69) is 15.4 Å². The van der Waals surface area contributed by atoms with Gasteiger partial charge in [-0.15, -0.1) is 0 Å². The van der Waals surface area contributed by atoms with Crippen LogP contribution in [0.1, 0.15) is 28.4 Å². The normalized spacial score (nSPS) is 12.5. The Hall–Kier alpha value is -3.85. The summed E-state index contributed by atoms with van der Waals surface area (Å²) in [7, 11) is -3.95. The van der Waals surface area contributed by atoms with E-state index in [1.54, 1.807) is 44.2 Å². The lowest BCUT2D eigenvalue weighted by atomic mass is 10.1. The van der Waals surface area contributed by atoms with E-state index in [-0.39, 0.29) is 22.1 Å². The number of fused-ring (bicyclic) bond motifs is 2. The molecule has 0 aromatic heterocycles. The molecule has 0 aliphatic carbocycles. The Morgan fingerprint density at radius 2 is 1.66 bits per heavy atom. The largest absolute Gasteiger partial charge is 0.454 e. The van der Waals surface area contributed by atoms with Crippen LogP contribution in [0.25, 0.3) is 0 Å². The third-order valence-corrected chi connectivity index (χ3v) is 6.31. The Bertz CT molecular complexity index is 1340. The number of rotatable bonds is 4. The number of carbonyl (C=O) groups excluding carboxylic acids is 2. The summed E-state index contributed by atoms with van der Waals surface area (Å²) in [5, 5.41) is 5.47. The maximum absolute atomic E-state index is 13.0. The van der Waals surface area contributed by atoms with Crippen molar-refractivity contribution in [2.45, 2.75) is 25.7 Å². The van der Waals surface area contributed by atoms with Gasteiger partial charge in [-0.2, -0.15) is 0 Å². The summed E-state index contributed by atoms with van der Waals surface area (Å²) in [6, 6.07) is 14.5. The fourth-order valence-electron chi connectivity index (χ4n) is 3.49. The molecule has 0 bridgehead atoms. The highest BCUT2D eigenvalue weighted by atomic mass is 32.2. The van der Waals surface area contributed by atoms with Gasteiger partial charge >= 0.3 is 0 Å². The second-order valence-corrected chi connectivity index (χ2v) is 9.16. The molecule has 164 valence electrons. The molecule has 32 heavy (non-hydrogen) atoms. The predicted octanol–water partition coefficient (Wildman–Crippen LogP) is 4.42. The molecule has 0 fully saturated rings. The Labute approximate surface area is 185 Å². The van der Waals surface area contributed by atoms with E-state index in [0.29, 0.717) is 34.0 Å². The van der Waals surface area contributed by atoms with Crippen molar-refractivity contribution >= 4 is 38.9 Å². The number of ether oxygens (including phenoxy) is 1. The lowest BCUT2D eigenvalue weighted by molar-refractivity contribution is -0.114. The molecule has 0 saturated carbocycles. The monoisotopic (exact) mass is 451 g/mol. The molecule has 0 radical (unpaired) electrons. The fourth-order valence-corrected chi connectivity index (χ4v) is 4.71. The van der Waals surface area contributed by atoms with Crippen molar-refractivity contribution in [2.24, 2.45) is 0 Å². The lowest BCUT2D eigenvalue weighted by Gasteiger charge is -2.15. The van der Waals surface area contributed by atoms with E-state index in [1.165, 1.54) is 31.2 Å². The molecule has 0 saturated heterocycles. The zero-order valence-corrected chi connectivity index (χ0v) is 18.5. The average Bonchev–Trinajstić information content (AvgIpc) is 2.86. The van der Waals surface area contributed by atoms with Crippen molar-refractivity contribution < 1.29 is 22.7 Å². The Balaban J connectivity index is 1.65. The van der Waals surface area contributed by atoms with E-state index in [4.69, 9.17) is 4.74 Å². The minimum Gasteiger partial charge on any atom is -0.454 e. The molecule has 2 amide bonds. The van der Waals surface area contributed by atoms with Crippen molar-refractivity contribution in [2.75, 3.05) is 15.4 Å².